The van der Waals surface area contributed by atoms with Crippen molar-refractivity contribution >= 4 is 17.1 Å². The minimum atomic E-state index is -1.07. The van der Waals surface area contributed by atoms with Crippen molar-refractivity contribution in [2.24, 2.45) is 0 Å². The molecule has 2 fully saturated rings. The number of carbonyl (C=O) groups is 1. The molecule has 5 rings (SSSR count). The summed E-state index contributed by atoms with van der Waals surface area (Å²) in [7, 11) is 0. The summed E-state index contributed by atoms with van der Waals surface area (Å²) in [4.78, 5) is 16.8. The number of nitrogens with zero attached hydrogens (tertiary/aromatic N) is 3. The van der Waals surface area contributed by atoms with Gasteiger partial charge in [-0.25, -0.2) is 14.3 Å². The molecular weight excluding hydrogens is 374 g/mol. The molecule has 2 unspecified atom stereocenters. The van der Waals surface area contributed by atoms with Crippen LogP contribution >= 0.6 is 0 Å². The molecule has 2 aromatic heterocycles. The van der Waals surface area contributed by atoms with E-state index in [1.807, 2.05) is 19.9 Å². The van der Waals surface area contributed by atoms with Crippen LogP contribution < -0.4 is 0 Å². The van der Waals surface area contributed by atoms with E-state index < -0.39 is 12.2 Å². The number of carboxylic acid groups (broad SMARTS) is 1. The Kier molecular flexibility index (Phi) is 4.22. The molecule has 29 heavy (non-hydrogen) atoms. The maximum absolute atomic E-state index is 12.1. The van der Waals surface area contributed by atoms with Crippen LogP contribution in [0.15, 0.2) is 16.7 Å². The molecule has 0 bridgehead atoms. The number of hydrogen-bond donors (Lipinski definition) is 2. The van der Waals surface area contributed by atoms with Crippen LogP contribution in [-0.2, 0) is 4.74 Å². The number of fused-ring (bicyclic) bond motifs is 1. The molecule has 2 atom stereocenters. The van der Waals surface area contributed by atoms with E-state index in [0.29, 0.717) is 40.5 Å². The van der Waals surface area contributed by atoms with Crippen LogP contribution in [0.4, 0.5) is 4.79 Å². The van der Waals surface area contributed by atoms with Gasteiger partial charge in [0.15, 0.2) is 0 Å². The van der Waals surface area contributed by atoms with Gasteiger partial charge in [-0.15, -0.1) is 0 Å². The zero-order valence-corrected chi connectivity index (χ0v) is 16.4. The topological polar surface area (TPSA) is 111 Å². The Bertz CT molecular complexity index is 1090. The average molecular weight is 397 g/mol. The average Bonchev–Trinajstić information content (AvgIpc) is 3.10. The number of hydrogen-bond acceptors (Lipinski definition) is 6. The Hall–Kier alpha value is -2.71. The first kappa shape index (κ1) is 18.3. The first-order valence-corrected chi connectivity index (χ1v) is 9.98. The molecule has 2 N–H and O–H groups in total. The quantitative estimate of drug-likeness (QED) is 0.686. The summed E-state index contributed by atoms with van der Waals surface area (Å²) in [5, 5.41) is 25.0. The monoisotopic (exact) mass is 397 g/mol. The Morgan fingerprint density at radius 2 is 2.07 bits per heavy atom. The SMILES string of the molecule is Cc1noc(C)c1-c1cc(C(O)C2CCCO2)c2nc(C3CC3)n(C(=O)O)c2c1. The lowest BCUT2D eigenvalue weighted by Gasteiger charge is -2.19. The molecular formula is C21H23N3O5. The van der Waals surface area contributed by atoms with Gasteiger partial charge >= 0.3 is 6.09 Å². The van der Waals surface area contributed by atoms with Gasteiger partial charge in [0, 0.05) is 23.7 Å². The summed E-state index contributed by atoms with van der Waals surface area (Å²) in [5.41, 5.74) is 3.86. The van der Waals surface area contributed by atoms with Crippen molar-refractivity contribution in [2.45, 2.75) is 57.7 Å². The number of benzene rings is 1. The number of ether oxygens (including phenoxy) is 1. The number of aliphatic hydroxyl groups excluding tert-OH is 1. The van der Waals surface area contributed by atoms with Crippen LogP contribution in [0, 0.1) is 13.8 Å². The van der Waals surface area contributed by atoms with E-state index >= 15 is 0 Å². The van der Waals surface area contributed by atoms with E-state index in [1.54, 1.807) is 6.07 Å². The predicted octanol–water partition coefficient (Wildman–Crippen LogP) is 3.92. The summed E-state index contributed by atoms with van der Waals surface area (Å²) >= 11 is 0. The molecule has 1 aromatic carbocycles. The Labute approximate surface area is 167 Å². The fourth-order valence-corrected chi connectivity index (χ4v) is 4.35. The second-order valence-corrected chi connectivity index (χ2v) is 7.99. The van der Waals surface area contributed by atoms with Crippen LogP contribution in [0.1, 0.15) is 60.5 Å². The van der Waals surface area contributed by atoms with E-state index in [9.17, 15) is 15.0 Å². The highest BCUT2D eigenvalue weighted by atomic mass is 16.5. The summed E-state index contributed by atoms with van der Waals surface area (Å²) < 4.78 is 12.3. The molecule has 3 aromatic rings. The molecule has 1 saturated carbocycles. The van der Waals surface area contributed by atoms with Crippen LogP contribution in [0.2, 0.25) is 0 Å². The smallest absolute Gasteiger partial charge is 0.417 e. The van der Waals surface area contributed by atoms with Crippen LogP contribution in [0.25, 0.3) is 22.2 Å². The molecule has 0 spiro atoms. The van der Waals surface area contributed by atoms with Gasteiger partial charge < -0.3 is 19.5 Å². The molecule has 8 nitrogen and oxygen atoms in total. The van der Waals surface area contributed by atoms with Gasteiger partial charge in [-0.2, -0.15) is 0 Å². The first-order valence-electron chi connectivity index (χ1n) is 9.98. The van der Waals surface area contributed by atoms with Crippen molar-refractivity contribution in [3.8, 4) is 11.1 Å². The Morgan fingerprint density at radius 3 is 2.66 bits per heavy atom. The molecule has 1 aliphatic carbocycles. The Morgan fingerprint density at radius 1 is 1.28 bits per heavy atom. The van der Waals surface area contributed by atoms with Gasteiger partial charge in [0.05, 0.1) is 22.8 Å². The number of imidazole rings is 1. The number of aromatic nitrogens is 3. The van der Waals surface area contributed by atoms with Crippen molar-refractivity contribution in [1.82, 2.24) is 14.7 Å². The zero-order valence-electron chi connectivity index (χ0n) is 16.4. The maximum Gasteiger partial charge on any atom is 0.417 e. The van der Waals surface area contributed by atoms with Gasteiger partial charge in [-0.3, -0.25) is 0 Å². The lowest BCUT2D eigenvalue weighted by atomic mass is 9.95. The number of aliphatic hydroxyl groups is 1. The van der Waals surface area contributed by atoms with Crippen molar-refractivity contribution in [3.63, 3.8) is 0 Å². The summed E-state index contributed by atoms with van der Waals surface area (Å²) in [5.74, 6) is 1.33. The lowest BCUT2D eigenvalue weighted by molar-refractivity contribution is -0.00192. The van der Waals surface area contributed by atoms with E-state index in [4.69, 9.17) is 9.26 Å². The largest absolute Gasteiger partial charge is 0.464 e. The van der Waals surface area contributed by atoms with Crippen LogP contribution in [-0.4, -0.2) is 43.7 Å². The van der Waals surface area contributed by atoms with Crippen molar-refractivity contribution in [3.05, 3.63) is 35.0 Å². The van der Waals surface area contributed by atoms with Gasteiger partial charge in [0.25, 0.3) is 0 Å². The number of rotatable bonds is 4. The molecule has 1 saturated heterocycles. The fourth-order valence-electron chi connectivity index (χ4n) is 4.35. The molecule has 0 amide bonds. The minimum Gasteiger partial charge on any atom is -0.464 e. The van der Waals surface area contributed by atoms with E-state index in [2.05, 4.69) is 10.1 Å². The molecule has 1 aliphatic heterocycles. The summed E-state index contributed by atoms with van der Waals surface area (Å²) in [6.45, 7) is 4.28. The van der Waals surface area contributed by atoms with E-state index in [1.165, 1.54) is 4.57 Å². The third-order valence-corrected chi connectivity index (χ3v) is 5.91. The molecule has 2 aliphatic rings. The molecule has 3 heterocycles. The third kappa shape index (κ3) is 2.94. The second kappa shape index (κ2) is 6.67. The van der Waals surface area contributed by atoms with Crippen molar-refractivity contribution in [2.75, 3.05) is 6.61 Å². The van der Waals surface area contributed by atoms with Gasteiger partial charge in [0.1, 0.15) is 17.7 Å². The normalized spacial score (nSPS) is 20.4. The van der Waals surface area contributed by atoms with Gasteiger partial charge in [-0.1, -0.05) is 5.16 Å². The fraction of sp³-hybridized carbons (Fsp3) is 0.476. The highest BCUT2D eigenvalue weighted by Crippen LogP contribution is 2.43. The first-order chi connectivity index (χ1) is 14.0. The molecule has 152 valence electrons. The van der Waals surface area contributed by atoms with Crippen LogP contribution in [0.3, 0.4) is 0 Å². The number of aryl methyl sites for hydroxylation is 2. The Balaban J connectivity index is 1.78. The lowest BCUT2D eigenvalue weighted by Crippen LogP contribution is -2.17. The van der Waals surface area contributed by atoms with Crippen molar-refractivity contribution in [1.29, 1.82) is 0 Å². The van der Waals surface area contributed by atoms with Crippen molar-refractivity contribution < 1.29 is 24.3 Å². The third-order valence-electron chi connectivity index (χ3n) is 5.91. The second-order valence-electron chi connectivity index (χ2n) is 7.99. The van der Waals surface area contributed by atoms with Gasteiger partial charge in [0.2, 0.25) is 0 Å². The van der Waals surface area contributed by atoms with E-state index in [-0.39, 0.29) is 12.0 Å². The zero-order chi connectivity index (χ0) is 20.3. The van der Waals surface area contributed by atoms with Gasteiger partial charge in [-0.05, 0) is 57.2 Å². The highest BCUT2D eigenvalue weighted by molar-refractivity contribution is 5.93. The maximum atomic E-state index is 12.1. The summed E-state index contributed by atoms with van der Waals surface area (Å²) in [6, 6.07) is 3.68. The highest BCUT2D eigenvalue weighted by Gasteiger charge is 2.35. The standard InChI is InChI=1S/C21H23N3O5/c1-10-17(11(2)29-23-10)13-8-14(19(25)16-4-3-7-28-16)18-15(9-13)24(21(26)27)20(22-18)12-5-6-12/h8-9,12,16,19,25H,3-7H2,1-2H3,(H,26,27). The predicted molar refractivity (Wildman–Crippen MR) is 104 cm³/mol. The van der Waals surface area contributed by atoms with Crippen LogP contribution in [0.5, 0.6) is 0 Å². The summed E-state index contributed by atoms with van der Waals surface area (Å²) in [6.07, 6.45) is 1.23. The minimum absolute atomic E-state index is 0.147. The molecule has 0 radical (unpaired) electrons. The van der Waals surface area contributed by atoms with E-state index in [0.717, 1.165) is 36.8 Å². The molecule has 8 heteroatoms.